The van der Waals surface area contributed by atoms with Crippen LogP contribution >= 0.6 is 7.52 Å². The third kappa shape index (κ3) is 7.59. The van der Waals surface area contributed by atoms with Crippen molar-refractivity contribution in [1.82, 2.24) is 24.6 Å². The lowest BCUT2D eigenvalue weighted by Gasteiger charge is -2.27. The van der Waals surface area contributed by atoms with Crippen LogP contribution in [0.1, 0.15) is 59.8 Å². The molecule has 1 aliphatic rings. The van der Waals surface area contributed by atoms with Crippen molar-refractivity contribution in [3.63, 3.8) is 0 Å². The highest BCUT2D eigenvalue weighted by Gasteiger charge is 2.48. The number of rotatable bonds is 12. The Hall–Kier alpha value is -3.12. The van der Waals surface area contributed by atoms with E-state index in [9.17, 15) is 9.36 Å². The number of anilines is 2. The Balaban J connectivity index is 1.54. The molecule has 0 bridgehead atoms. The first-order chi connectivity index (χ1) is 19.3. The van der Waals surface area contributed by atoms with Gasteiger partial charge in [-0.15, -0.1) is 0 Å². The highest BCUT2D eigenvalue weighted by Crippen LogP contribution is 2.50. The maximum atomic E-state index is 16.2. The molecule has 12 nitrogen and oxygen atoms in total. The molecule has 0 saturated carbocycles. The van der Waals surface area contributed by atoms with Gasteiger partial charge in [-0.2, -0.15) is 9.97 Å². The van der Waals surface area contributed by atoms with E-state index in [1.165, 1.54) is 13.3 Å². The number of fused-ring (bicyclic) bond motifs is 1. The van der Waals surface area contributed by atoms with E-state index in [0.717, 1.165) is 0 Å². The molecule has 1 saturated heterocycles. The normalized spacial score (nSPS) is 23.1. The number of carbonyl (C=O) groups excluding carboxylic acids is 1. The molecule has 3 heterocycles. The summed E-state index contributed by atoms with van der Waals surface area (Å²) < 4.78 is 48.7. The summed E-state index contributed by atoms with van der Waals surface area (Å²) in [5.41, 5.74) is 7.53. The average molecular weight is 592 g/mol. The second-order valence-electron chi connectivity index (χ2n) is 11.1. The fourth-order valence-electron chi connectivity index (χ4n) is 4.71. The fourth-order valence-corrected chi connectivity index (χ4v) is 6.76. The van der Waals surface area contributed by atoms with Gasteiger partial charge in [0.05, 0.1) is 18.6 Å². The molecule has 41 heavy (non-hydrogen) atoms. The van der Waals surface area contributed by atoms with Crippen molar-refractivity contribution in [2.75, 3.05) is 17.7 Å². The van der Waals surface area contributed by atoms with E-state index in [1.807, 2.05) is 26.8 Å². The minimum absolute atomic E-state index is 0.0364. The highest BCUT2D eigenvalue weighted by atomic mass is 31.2. The second kappa shape index (κ2) is 12.4. The van der Waals surface area contributed by atoms with Gasteiger partial charge in [0, 0.05) is 18.4 Å². The summed E-state index contributed by atoms with van der Waals surface area (Å²) in [5.74, 6) is -2.66. The number of carbonyl (C=O) groups is 1. The van der Waals surface area contributed by atoms with Gasteiger partial charge in [-0.05, 0) is 40.2 Å². The van der Waals surface area contributed by atoms with Crippen LogP contribution in [0.25, 0.3) is 11.2 Å². The van der Waals surface area contributed by atoms with Crippen LogP contribution in [0.4, 0.5) is 16.2 Å². The molecule has 0 unspecified atom stereocenters. The molecule has 0 radical (unpaired) electrons. The number of imidazole rings is 1. The lowest BCUT2D eigenvalue weighted by molar-refractivity contribution is -0.172. The van der Waals surface area contributed by atoms with E-state index in [-0.39, 0.29) is 36.6 Å². The van der Waals surface area contributed by atoms with Crippen molar-refractivity contribution in [3.8, 4) is 0 Å². The highest BCUT2D eigenvalue weighted by molar-refractivity contribution is 7.56. The number of esters is 1. The zero-order valence-corrected chi connectivity index (χ0v) is 25.1. The topological polar surface area (TPSA) is 156 Å². The fraction of sp³-hybridized carbons (Fsp3) is 0.556. The van der Waals surface area contributed by atoms with Crippen LogP contribution in [0.3, 0.4) is 0 Å². The SMILES string of the molecule is CC(C)Nc1nc(N)nc2c1ncn2[C@@H]1O[C@](F)(CO[P@@](=O)(Cc2ccccc2)N[C@@H](C)C(=O)OC(C)C)C[C@@H]1C. The van der Waals surface area contributed by atoms with Crippen LogP contribution in [0.2, 0.25) is 0 Å². The molecule has 4 rings (SSSR count). The van der Waals surface area contributed by atoms with E-state index in [0.29, 0.717) is 22.5 Å². The van der Waals surface area contributed by atoms with Gasteiger partial charge in [-0.3, -0.25) is 13.9 Å². The van der Waals surface area contributed by atoms with Crippen LogP contribution in [-0.2, 0) is 29.5 Å². The number of alkyl halides is 1. The molecule has 1 aliphatic heterocycles. The number of nitrogens with two attached hydrogens (primary N) is 1. The standard InChI is InChI=1S/C27H39FN7O5P/c1-16(2)31-22-21-23(33-26(29)32-22)35(15-30-21)24-18(5)12-27(28,40-24)14-38-41(37,13-20-10-8-7-9-11-20)34-19(6)25(36)39-17(3)4/h7-11,15-19,24H,12-14H2,1-6H3,(H,34,37)(H3,29,31,32,33)/t18-,19-,24+,27-,41-/m0/s1. The van der Waals surface area contributed by atoms with E-state index < -0.39 is 38.2 Å². The minimum Gasteiger partial charge on any atom is -0.462 e. The third-order valence-corrected chi connectivity index (χ3v) is 8.51. The summed E-state index contributed by atoms with van der Waals surface area (Å²) in [4.78, 5) is 25.4. The zero-order chi connectivity index (χ0) is 29.9. The molecule has 0 amide bonds. The maximum absolute atomic E-state index is 16.2. The first-order valence-corrected chi connectivity index (χ1v) is 15.5. The summed E-state index contributed by atoms with van der Waals surface area (Å²) in [6.45, 7) is 10.1. The number of hydrogen-bond acceptors (Lipinski definition) is 10. The van der Waals surface area contributed by atoms with Crippen molar-refractivity contribution < 1.29 is 27.7 Å². The van der Waals surface area contributed by atoms with Crippen LogP contribution in [-0.4, -0.2) is 56.1 Å². The minimum atomic E-state index is -3.79. The third-order valence-electron chi connectivity index (χ3n) is 6.40. The second-order valence-corrected chi connectivity index (χ2v) is 13.2. The Morgan fingerprint density at radius 2 is 1.95 bits per heavy atom. The van der Waals surface area contributed by atoms with Gasteiger partial charge in [0.2, 0.25) is 11.8 Å². The molecule has 1 aromatic carbocycles. The van der Waals surface area contributed by atoms with Crippen molar-refractivity contribution in [2.45, 2.75) is 84.4 Å². The predicted octanol–water partition coefficient (Wildman–Crippen LogP) is 4.79. The van der Waals surface area contributed by atoms with Crippen LogP contribution < -0.4 is 16.1 Å². The Morgan fingerprint density at radius 1 is 1.24 bits per heavy atom. The maximum Gasteiger partial charge on any atom is 0.323 e. The van der Waals surface area contributed by atoms with Gasteiger partial charge in [0.1, 0.15) is 18.9 Å². The average Bonchev–Trinajstić information content (AvgIpc) is 3.42. The van der Waals surface area contributed by atoms with Crippen molar-refractivity contribution in [1.29, 1.82) is 0 Å². The number of nitrogen functional groups attached to an aromatic ring is 1. The van der Waals surface area contributed by atoms with E-state index in [2.05, 4.69) is 25.4 Å². The van der Waals surface area contributed by atoms with E-state index in [1.54, 1.807) is 42.7 Å². The molecule has 3 aromatic rings. The summed E-state index contributed by atoms with van der Waals surface area (Å²) >= 11 is 0. The van der Waals surface area contributed by atoms with Gasteiger partial charge in [-0.25, -0.2) is 14.5 Å². The Kier molecular flexibility index (Phi) is 9.32. The Bertz CT molecular complexity index is 1410. The predicted molar refractivity (Wildman–Crippen MR) is 154 cm³/mol. The summed E-state index contributed by atoms with van der Waals surface area (Å²) in [7, 11) is -3.79. The van der Waals surface area contributed by atoms with Crippen LogP contribution in [0, 0.1) is 5.92 Å². The summed E-state index contributed by atoms with van der Waals surface area (Å²) in [5, 5.41) is 5.97. The van der Waals surface area contributed by atoms with Crippen molar-refractivity contribution in [3.05, 3.63) is 42.2 Å². The van der Waals surface area contributed by atoms with Gasteiger partial charge in [-0.1, -0.05) is 37.3 Å². The van der Waals surface area contributed by atoms with Crippen LogP contribution in [0.5, 0.6) is 0 Å². The molecule has 0 aliphatic carbocycles. The number of nitrogens with one attached hydrogen (secondary N) is 2. The summed E-state index contributed by atoms with van der Waals surface area (Å²) in [6.07, 6.45) is 0.289. The molecule has 1 fully saturated rings. The van der Waals surface area contributed by atoms with Gasteiger partial charge in [0.15, 0.2) is 17.0 Å². The lowest BCUT2D eigenvalue weighted by Crippen LogP contribution is -2.37. The van der Waals surface area contributed by atoms with Crippen molar-refractivity contribution in [2.24, 2.45) is 5.92 Å². The smallest absolute Gasteiger partial charge is 0.323 e. The number of nitrogens with zero attached hydrogens (tertiary/aromatic N) is 4. The molecule has 224 valence electrons. The lowest BCUT2D eigenvalue weighted by atomic mass is 10.1. The Labute approximate surface area is 239 Å². The first-order valence-electron chi connectivity index (χ1n) is 13.7. The van der Waals surface area contributed by atoms with Gasteiger partial charge in [0.25, 0.3) is 7.52 Å². The monoisotopic (exact) mass is 591 g/mol. The number of aromatic nitrogens is 4. The molecular formula is C27H39FN7O5P. The molecule has 5 atom stereocenters. The van der Waals surface area contributed by atoms with Gasteiger partial charge >= 0.3 is 5.97 Å². The van der Waals surface area contributed by atoms with Crippen molar-refractivity contribution >= 4 is 36.4 Å². The van der Waals surface area contributed by atoms with Gasteiger partial charge < -0.3 is 25.0 Å². The number of ether oxygens (including phenoxy) is 2. The molecule has 0 spiro atoms. The van der Waals surface area contributed by atoms with Crippen LogP contribution in [0.15, 0.2) is 36.7 Å². The number of halogens is 1. The largest absolute Gasteiger partial charge is 0.462 e. The van der Waals surface area contributed by atoms with E-state index in [4.69, 9.17) is 19.7 Å². The molecule has 4 N–H and O–H groups in total. The molecule has 2 aromatic heterocycles. The zero-order valence-electron chi connectivity index (χ0n) is 24.2. The summed E-state index contributed by atoms with van der Waals surface area (Å²) in [6, 6.07) is 8.12. The number of hydrogen-bond donors (Lipinski definition) is 3. The quantitative estimate of drug-likeness (QED) is 0.197. The Morgan fingerprint density at radius 3 is 2.61 bits per heavy atom. The number of benzene rings is 1. The molecule has 14 heteroatoms. The first kappa shape index (κ1) is 30.8. The molecular weight excluding hydrogens is 552 g/mol. The van der Waals surface area contributed by atoms with E-state index >= 15 is 4.39 Å².